The van der Waals surface area contributed by atoms with Gasteiger partial charge < -0.3 is 4.74 Å². The van der Waals surface area contributed by atoms with Gasteiger partial charge >= 0.3 is 0 Å². The van der Waals surface area contributed by atoms with Crippen molar-refractivity contribution in [2.24, 2.45) is 0 Å². The van der Waals surface area contributed by atoms with Crippen molar-refractivity contribution in [1.82, 2.24) is 4.90 Å². The highest BCUT2D eigenvalue weighted by atomic mass is 127. The minimum absolute atomic E-state index is 0.0173. The standard InChI is InChI=1S/C14H14INO3/c1-8-2-4-10(19-8)7-16-13(17)11-5-3-9(15)6-12(11)14(16)18/h3,5-6,8,10H,2,4,7H2,1H3. The molecular weight excluding hydrogens is 357 g/mol. The second-order valence-corrected chi connectivity index (χ2v) is 6.30. The molecule has 2 aliphatic rings. The summed E-state index contributed by atoms with van der Waals surface area (Å²) in [6.45, 7) is 2.39. The second kappa shape index (κ2) is 4.86. The molecule has 1 aromatic rings. The zero-order chi connectivity index (χ0) is 13.6. The third-order valence-electron chi connectivity index (χ3n) is 3.64. The Morgan fingerprint density at radius 1 is 1.26 bits per heavy atom. The van der Waals surface area contributed by atoms with Crippen LogP contribution in [0.4, 0.5) is 0 Å². The molecule has 2 amide bonds. The van der Waals surface area contributed by atoms with E-state index < -0.39 is 0 Å². The summed E-state index contributed by atoms with van der Waals surface area (Å²) in [6.07, 6.45) is 2.11. The van der Waals surface area contributed by atoms with E-state index in [0.717, 1.165) is 16.4 Å². The smallest absolute Gasteiger partial charge is 0.261 e. The van der Waals surface area contributed by atoms with Crippen molar-refractivity contribution in [2.45, 2.75) is 32.0 Å². The predicted octanol–water partition coefficient (Wildman–Crippen LogP) is 2.45. The van der Waals surface area contributed by atoms with Crippen molar-refractivity contribution in [3.8, 4) is 0 Å². The molecule has 0 N–H and O–H groups in total. The van der Waals surface area contributed by atoms with Crippen molar-refractivity contribution in [2.75, 3.05) is 6.54 Å². The van der Waals surface area contributed by atoms with Crippen LogP contribution in [-0.2, 0) is 4.74 Å². The van der Waals surface area contributed by atoms with Crippen LogP contribution < -0.4 is 0 Å². The second-order valence-electron chi connectivity index (χ2n) is 5.06. The first-order valence-electron chi connectivity index (χ1n) is 6.37. The molecule has 2 aliphatic heterocycles. The summed E-state index contributed by atoms with van der Waals surface area (Å²) in [7, 11) is 0. The van der Waals surface area contributed by atoms with E-state index in [1.54, 1.807) is 12.1 Å². The molecule has 2 unspecified atom stereocenters. The van der Waals surface area contributed by atoms with Gasteiger partial charge in [0.15, 0.2) is 0 Å². The van der Waals surface area contributed by atoms with Crippen molar-refractivity contribution in [1.29, 1.82) is 0 Å². The van der Waals surface area contributed by atoms with Crippen LogP contribution >= 0.6 is 22.6 Å². The molecule has 2 atom stereocenters. The molecule has 4 nitrogen and oxygen atoms in total. The van der Waals surface area contributed by atoms with Crippen LogP contribution in [0.15, 0.2) is 18.2 Å². The molecule has 0 spiro atoms. The molecule has 19 heavy (non-hydrogen) atoms. The van der Waals surface area contributed by atoms with E-state index in [1.165, 1.54) is 4.90 Å². The molecular formula is C14H14INO3. The summed E-state index contributed by atoms with van der Waals surface area (Å²) in [5, 5.41) is 0. The van der Waals surface area contributed by atoms with Gasteiger partial charge in [-0.15, -0.1) is 0 Å². The predicted molar refractivity (Wildman–Crippen MR) is 78.1 cm³/mol. The lowest BCUT2D eigenvalue weighted by molar-refractivity contribution is 0.0282. The van der Waals surface area contributed by atoms with Gasteiger partial charge in [-0.1, -0.05) is 0 Å². The first-order chi connectivity index (χ1) is 9.06. The maximum absolute atomic E-state index is 12.3. The lowest BCUT2D eigenvalue weighted by Crippen LogP contribution is -2.36. The van der Waals surface area contributed by atoms with E-state index in [-0.39, 0.29) is 24.0 Å². The maximum Gasteiger partial charge on any atom is 0.261 e. The lowest BCUT2D eigenvalue weighted by Gasteiger charge is -2.18. The fourth-order valence-corrected chi connectivity index (χ4v) is 3.14. The number of fused-ring (bicyclic) bond motifs is 1. The normalized spacial score (nSPS) is 26.1. The zero-order valence-electron chi connectivity index (χ0n) is 10.6. The summed E-state index contributed by atoms with van der Waals surface area (Å²) >= 11 is 2.14. The minimum Gasteiger partial charge on any atom is -0.373 e. The Morgan fingerprint density at radius 2 is 2.00 bits per heavy atom. The number of hydrogen-bond acceptors (Lipinski definition) is 3. The molecule has 0 radical (unpaired) electrons. The summed E-state index contributed by atoms with van der Waals surface area (Å²) < 4.78 is 6.66. The van der Waals surface area contributed by atoms with Gasteiger partial charge in [-0.05, 0) is 60.6 Å². The van der Waals surface area contributed by atoms with Crippen LogP contribution in [0.3, 0.4) is 0 Å². The Balaban J connectivity index is 1.82. The highest BCUT2D eigenvalue weighted by Gasteiger charge is 2.38. The lowest BCUT2D eigenvalue weighted by atomic mass is 10.1. The van der Waals surface area contributed by atoms with Gasteiger partial charge in [0.25, 0.3) is 11.8 Å². The first-order valence-corrected chi connectivity index (χ1v) is 7.45. The molecule has 5 heteroatoms. The van der Waals surface area contributed by atoms with Crippen LogP contribution in [0.5, 0.6) is 0 Å². The summed E-state index contributed by atoms with van der Waals surface area (Å²) in [5.74, 6) is -0.388. The number of carbonyl (C=O) groups is 2. The molecule has 1 fully saturated rings. The first kappa shape index (κ1) is 13.1. The van der Waals surface area contributed by atoms with E-state index in [9.17, 15) is 9.59 Å². The maximum atomic E-state index is 12.3. The molecule has 1 aromatic carbocycles. The third-order valence-corrected chi connectivity index (χ3v) is 4.31. The molecule has 1 saturated heterocycles. The SMILES string of the molecule is CC1CCC(CN2C(=O)c3ccc(I)cc3C2=O)O1. The molecule has 100 valence electrons. The van der Waals surface area contributed by atoms with Gasteiger partial charge in [0.05, 0.1) is 29.9 Å². The highest BCUT2D eigenvalue weighted by molar-refractivity contribution is 14.1. The van der Waals surface area contributed by atoms with E-state index in [4.69, 9.17) is 4.74 Å². The Labute approximate surface area is 125 Å². The number of ether oxygens (including phenoxy) is 1. The van der Waals surface area contributed by atoms with Crippen LogP contribution in [0, 0.1) is 3.57 Å². The highest BCUT2D eigenvalue weighted by Crippen LogP contribution is 2.27. The largest absolute Gasteiger partial charge is 0.373 e. The number of benzene rings is 1. The topological polar surface area (TPSA) is 46.6 Å². The minimum atomic E-state index is -0.195. The van der Waals surface area contributed by atoms with Gasteiger partial charge in [-0.3, -0.25) is 14.5 Å². The number of nitrogens with zero attached hydrogens (tertiary/aromatic N) is 1. The molecule has 3 rings (SSSR count). The number of amides is 2. The van der Waals surface area contributed by atoms with Gasteiger partial charge in [0.1, 0.15) is 0 Å². The molecule has 0 aromatic heterocycles. The van der Waals surface area contributed by atoms with Crippen molar-refractivity contribution in [3.63, 3.8) is 0 Å². The van der Waals surface area contributed by atoms with Crippen molar-refractivity contribution < 1.29 is 14.3 Å². The fraction of sp³-hybridized carbons (Fsp3) is 0.429. The van der Waals surface area contributed by atoms with Crippen LogP contribution in [0.2, 0.25) is 0 Å². The number of halogens is 1. The summed E-state index contributed by atoms with van der Waals surface area (Å²) in [6, 6.07) is 5.35. The van der Waals surface area contributed by atoms with E-state index in [0.29, 0.717) is 17.7 Å². The monoisotopic (exact) mass is 371 g/mol. The van der Waals surface area contributed by atoms with Gasteiger partial charge in [-0.25, -0.2) is 0 Å². The average molecular weight is 371 g/mol. The number of carbonyl (C=O) groups excluding carboxylic acids is 2. The number of rotatable bonds is 2. The van der Waals surface area contributed by atoms with Crippen molar-refractivity contribution in [3.05, 3.63) is 32.9 Å². The summed E-state index contributed by atoms with van der Waals surface area (Å²) in [4.78, 5) is 25.8. The Hall–Kier alpha value is -0.950. The number of hydrogen-bond donors (Lipinski definition) is 0. The Kier molecular flexibility index (Phi) is 3.34. The van der Waals surface area contributed by atoms with E-state index in [1.807, 2.05) is 13.0 Å². The number of imide groups is 1. The van der Waals surface area contributed by atoms with Gasteiger partial charge in [0.2, 0.25) is 0 Å². The zero-order valence-corrected chi connectivity index (χ0v) is 12.7. The average Bonchev–Trinajstić information content (AvgIpc) is 2.88. The summed E-state index contributed by atoms with van der Waals surface area (Å²) in [5.41, 5.74) is 1.03. The quantitative estimate of drug-likeness (QED) is 0.593. The Bertz CT molecular complexity index is 558. The van der Waals surface area contributed by atoms with Crippen molar-refractivity contribution >= 4 is 34.4 Å². The fourth-order valence-electron chi connectivity index (χ4n) is 2.65. The van der Waals surface area contributed by atoms with Gasteiger partial charge in [0, 0.05) is 3.57 Å². The molecule has 0 aliphatic carbocycles. The molecule has 2 heterocycles. The van der Waals surface area contributed by atoms with E-state index in [2.05, 4.69) is 22.6 Å². The molecule has 0 saturated carbocycles. The Morgan fingerprint density at radius 3 is 2.68 bits per heavy atom. The van der Waals surface area contributed by atoms with Crippen LogP contribution in [0.1, 0.15) is 40.5 Å². The van der Waals surface area contributed by atoms with Crippen LogP contribution in [0.25, 0.3) is 0 Å². The van der Waals surface area contributed by atoms with E-state index >= 15 is 0 Å². The molecule has 0 bridgehead atoms. The van der Waals surface area contributed by atoms with Gasteiger partial charge in [-0.2, -0.15) is 0 Å². The van der Waals surface area contributed by atoms with Crippen LogP contribution in [-0.4, -0.2) is 35.5 Å². The third kappa shape index (κ3) is 2.29.